The van der Waals surface area contributed by atoms with Crippen molar-refractivity contribution < 1.29 is 49.7 Å². The first-order valence-corrected chi connectivity index (χ1v) is 5.23. The van der Waals surface area contributed by atoms with Crippen molar-refractivity contribution in [2.45, 2.75) is 31.3 Å². The van der Waals surface area contributed by atoms with Gasteiger partial charge in [0, 0.05) is 6.42 Å². The van der Waals surface area contributed by atoms with Crippen LogP contribution in [0.4, 0.5) is 30.7 Å². The fraction of sp³-hybridized carbons (Fsp3) is 1.00. The molecule has 0 radical (unpaired) electrons. The third-order valence-corrected chi connectivity index (χ3v) is 2.00. The highest BCUT2D eigenvalue weighted by atomic mass is 19.3. The third-order valence-electron chi connectivity index (χ3n) is 2.00. The Morgan fingerprint density at radius 1 is 0.800 bits per heavy atom. The van der Waals surface area contributed by atoms with Crippen molar-refractivity contribution in [1.29, 1.82) is 0 Å². The molecule has 0 saturated heterocycles. The van der Waals surface area contributed by atoms with E-state index in [-0.39, 0.29) is 0 Å². The van der Waals surface area contributed by atoms with Crippen LogP contribution < -0.4 is 0 Å². The van der Waals surface area contributed by atoms with Crippen molar-refractivity contribution in [3.05, 3.63) is 0 Å². The van der Waals surface area contributed by atoms with E-state index in [1.165, 1.54) is 0 Å². The van der Waals surface area contributed by atoms with Gasteiger partial charge in [0.2, 0.25) is 0 Å². The maximum absolute atomic E-state index is 12.4. The van der Waals surface area contributed by atoms with Gasteiger partial charge >= 0.3 is 12.5 Å². The topological polar surface area (TPSA) is 36.9 Å². The highest BCUT2D eigenvalue weighted by Crippen LogP contribution is 2.26. The van der Waals surface area contributed by atoms with Gasteiger partial charge in [-0.25, -0.2) is 22.0 Å². The number of rotatable bonds is 12. The third kappa shape index (κ3) is 6.68. The molecule has 0 aliphatic rings. The normalized spacial score (nSPS) is 13.2. The Morgan fingerprint density at radius 3 is 1.60 bits per heavy atom. The first kappa shape index (κ1) is 19.4. The van der Waals surface area contributed by atoms with Crippen molar-refractivity contribution in [2.24, 2.45) is 0 Å². The smallest absolute Gasteiger partial charge is 0.316 e. The minimum absolute atomic E-state index is 0.470. The number of halogens is 7. The van der Waals surface area contributed by atoms with Crippen molar-refractivity contribution in [3.8, 4) is 0 Å². The Bertz CT molecular complexity index is 237. The molecule has 0 amide bonds. The highest BCUT2D eigenvalue weighted by molar-refractivity contribution is 4.59. The summed E-state index contributed by atoms with van der Waals surface area (Å²) < 4.78 is 101. The van der Waals surface area contributed by atoms with Crippen LogP contribution in [-0.2, 0) is 18.9 Å². The molecule has 0 spiro atoms. The fourth-order valence-corrected chi connectivity index (χ4v) is 1.15. The predicted octanol–water partition coefficient (Wildman–Crippen LogP) is 3.13. The Hall–Kier alpha value is -0.650. The van der Waals surface area contributed by atoms with Crippen molar-refractivity contribution >= 4 is 0 Å². The van der Waals surface area contributed by atoms with Gasteiger partial charge in [0.15, 0.2) is 20.6 Å². The second kappa shape index (κ2) is 9.32. The molecule has 0 rings (SSSR count). The first-order chi connectivity index (χ1) is 9.33. The van der Waals surface area contributed by atoms with Crippen LogP contribution in [0.15, 0.2) is 0 Å². The molecule has 0 unspecified atom stereocenters. The largest absolute Gasteiger partial charge is 0.416 e. The summed E-state index contributed by atoms with van der Waals surface area (Å²) in [5.41, 5.74) is 0. The Labute approximate surface area is 109 Å². The Balaban J connectivity index is 4.32. The zero-order valence-corrected chi connectivity index (χ0v) is 10.1. The Kier molecular flexibility index (Phi) is 9.01. The van der Waals surface area contributed by atoms with E-state index in [2.05, 4.69) is 18.9 Å². The monoisotopic (exact) mass is 318 g/mol. The molecular formula is C9H13F7O4. The van der Waals surface area contributed by atoms with Gasteiger partial charge in [-0.3, -0.25) is 14.2 Å². The van der Waals surface area contributed by atoms with Crippen LogP contribution >= 0.6 is 0 Å². The molecule has 0 N–H and O–H groups in total. The number of hydrogen-bond acceptors (Lipinski definition) is 4. The van der Waals surface area contributed by atoms with Crippen LogP contribution in [0.1, 0.15) is 12.8 Å². The van der Waals surface area contributed by atoms with Crippen molar-refractivity contribution in [3.63, 3.8) is 0 Å². The molecule has 0 bridgehead atoms. The number of hydrogen-bond donors (Lipinski definition) is 0. The van der Waals surface area contributed by atoms with Crippen LogP contribution in [0.2, 0.25) is 0 Å². The van der Waals surface area contributed by atoms with E-state index in [1.54, 1.807) is 0 Å². The molecule has 4 nitrogen and oxygen atoms in total. The molecule has 0 aromatic carbocycles. The van der Waals surface area contributed by atoms with E-state index in [0.29, 0.717) is 0 Å². The number of ether oxygens (including phenoxy) is 4. The van der Waals surface area contributed by atoms with Gasteiger partial charge in [-0.2, -0.15) is 8.78 Å². The minimum Gasteiger partial charge on any atom is -0.316 e. The van der Waals surface area contributed by atoms with E-state index in [4.69, 9.17) is 0 Å². The van der Waals surface area contributed by atoms with Crippen molar-refractivity contribution in [1.82, 2.24) is 0 Å². The molecule has 0 aromatic heterocycles. The van der Waals surface area contributed by atoms with E-state index in [0.717, 1.165) is 0 Å². The molecule has 0 aliphatic carbocycles. The van der Waals surface area contributed by atoms with Gasteiger partial charge in [0.25, 0.3) is 5.97 Å². The van der Waals surface area contributed by atoms with Gasteiger partial charge in [-0.1, -0.05) is 0 Å². The van der Waals surface area contributed by atoms with Crippen LogP contribution in [0, 0.1) is 0 Å². The second-order valence-electron chi connectivity index (χ2n) is 3.26. The van der Waals surface area contributed by atoms with E-state index < -0.39 is 58.5 Å². The van der Waals surface area contributed by atoms with Gasteiger partial charge < -0.3 is 4.74 Å². The van der Waals surface area contributed by atoms with Crippen LogP contribution in [0.25, 0.3) is 0 Å². The Morgan fingerprint density at radius 2 is 1.25 bits per heavy atom. The van der Waals surface area contributed by atoms with Crippen LogP contribution in [0.3, 0.4) is 0 Å². The molecule has 11 heteroatoms. The zero-order valence-electron chi connectivity index (χ0n) is 10.1. The molecule has 20 heavy (non-hydrogen) atoms. The molecule has 0 heterocycles. The predicted molar refractivity (Wildman–Crippen MR) is 50.0 cm³/mol. The molecule has 0 saturated carbocycles. The highest BCUT2D eigenvalue weighted by Gasteiger charge is 2.42. The van der Waals surface area contributed by atoms with Gasteiger partial charge in [-0.05, 0) is 6.42 Å². The summed E-state index contributed by atoms with van der Waals surface area (Å²) in [7, 11) is 0. The average molecular weight is 318 g/mol. The molecule has 0 aliphatic heterocycles. The first-order valence-electron chi connectivity index (χ1n) is 5.23. The quantitative estimate of drug-likeness (QED) is 0.315. The second-order valence-corrected chi connectivity index (χ2v) is 3.26. The maximum atomic E-state index is 12.4. The van der Waals surface area contributed by atoms with Crippen LogP contribution in [0.5, 0.6) is 0 Å². The number of alkyl halides is 7. The summed E-state index contributed by atoms with van der Waals surface area (Å²) in [6.07, 6.45) is -9.78. The standard InChI is InChI=1S/C9H13F7O4/c10-4-18-8(19-5-11,20-6-12)2-1-3-17-9(15,16)7(13)14/h7H,1-6H2. The lowest BCUT2D eigenvalue weighted by Crippen LogP contribution is -2.39. The van der Waals surface area contributed by atoms with E-state index >= 15 is 0 Å². The molecule has 0 fully saturated rings. The summed E-state index contributed by atoms with van der Waals surface area (Å²) in [5.74, 6) is -2.47. The molecule has 0 atom stereocenters. The molecular weight excluding hydrogens is 305 g/mol. The maximum Gasteiger partial charge on any atom is 0.416 e. The lowest BCUT2D eigenvalue weighted by atomic mass is 10.3. The summed E-state index contributed by atoms with van der Waals surface area (Å²) in [5, 5.41) is 0. The fourth-order valence-electron chi connectivity index (χ4n) is 1.15. The van der Waals surface area contributed by atoms with Gasteiger partial charge in [0.05, 0.1) is 6.61 Å². The molecule has 0 aromatic rings. The average Bonchev–Trinajstić information content (AvgIpc) is 2.35. The van der Waals surface area contributed by atoms with Crippen molar-refractivity contribution in [2.75, 3.05) is 27.2 Å². The van der Waals surface area contributed by atoms with E-state index in [1.807, 2.05) is 0 Å². The van der Waals surface area contributed by atoms with Gasteiger partial charge in [-0.15, -0.1) is 0 Å². The summed E-state index contributed by atoms with van der Waals surface area (Å²) in [6, 6.07) is 0. The van der Waals surface area contributed by atoms with Crippen LogP contribution in [-0.4, -0.2) is 45.7 Å². The van der Waals surface area contributed by atoms with E-state index in [9.17, 15) is 30.7 Å². The minimum atomic E-state index is -4.66. The van der Waals surface area contributed by atoms with Gasteiger partial charge in [0.1, 0.15) is 0 Å². The summed E-state index contributed by atoms with van der Waals surface area (Å²) >= 11 is 0. The summed E-state index contributed by atoms with van der Waals surface area (Å²) in [6.45, 7) is -5.52. The lowest BCUT2D eigenvalue weighted by molar-refractivity contribution is -0.408. The SMILES string of the molecule is FCOC(CCCOC(F)(F)C(F)F)(OCF)OCF. The zero-order chi connectivity index (χ0) is 15.6. The lowest BCUT2D eigenvalue weighted by Gasteiger charge is -2.29. The molecule has 122 valence electrons. The summed E-state index contributed by atoms with van der Waals surface area (Å²) in [4.78, 5) is 0.